The van der Waals surface area contributed by atoms with E-state index in [1.807, 2.05) is 24.3 Å². The van der Waals surface area contributed by atoms with Crippen molar-refractivity contribution in [1.29, 1.82) is 0 Å². The highest BCUT2D eigenvalue weighted by Gasteiger charge is 2.29. The molecule has 2 amide bonds. The van der Waals surface area contributed by atoms with Gasteiger partial charge in [-0.2, -0.15) is 0 Å². The van der Waals surface area contributed by atoms with Crippen LogP contribution in [0.3, 0.4) is 0 Å². The summed E-state index contributed by atoms with van der Waals surface area (Å²) in [6.45, 7) is 0.320. The largest absolute Gasteiger partial charge is 0.507 e. The molecule has 0 unspecified atom stereocenters. The van der Waals surface area contributed by atoms with Crippen LogP contribution in [0, 0.1) is 5.92 Å². The number of hydrogen-bond acceptors (Lipinski definition) is 3. The molecular weight excluding hydrogens is 292 g/mol. The van der Waals surface area contributed by atoms with Gasteiger partial charge in [0.15, 0.2) is 0 Å². The average molecular weight is 310 g/mol. The predicted octanol–water partition coefficient (Wildman–Crippen LogP) is 2.67. The lowest BCUT2D eigenvalue weighted by Gasteiger charge is -2.09. The first kappa shape index (κ1) is 15.1. The van der Waals surface area contributed by atoms with Gasteiger partial charge in [-0.15, -0.1) is 0 Å². The van der Waals surface area contributed by atoms with Crippen LogP contribution in [0.25, 0.3) is 0 Å². The van der Waals surface area contributed by atoms with E-state index in [-0.39, 0.29) is 29.0 Å². The van der Waals surface area contributed by atoms with Gasteiger partial charge in [0, 0.05) is 18.2 Å². The molecule has 3 N–H and O–H groups in total. The molecule has 1 aliphatic rings. The second kappa shape index (κ2) is 6.52. The van der Waals surface area contributed by atoms with Crippen molar-refractivity contribution in [2.45, 2.75) is 19.4 Å². The Hall–Kier alpha value is -2.82. The minimum atomic E-state index is -0.337. The van der Waals surface area contributed by atoms with Gasteiger partial charge in [-0.25, -0.2) is 0 Å². The summed E-state index contributed by atoms with van der Waals surface area (Å²) >= 11 is 0. The van der Waals surface area contributed by atoms with Crippen LogP contribution in [-0.4, -0.2) is 16.9 Å². The Labute approximate surface area is 134 Å². The molecule has 0 saturated heterocycles. The summed E-state index contributed by atoms with van der Waals surface area (Å²) in [5.41, 5.74) is 1.85. The SMILES string of the molecule is O=C(NCc1cccc(NC(=O)C2CC2)c1)c1ccccc1O. The summed E-state index contributed by atoms with van der Waals surface area (Å²) in [4.78, 5) is 23.8. The second-order valence-electron chi connectivity index (χ2n) is 5.66. The topological polar surface area (TPSA) is 78.4 Å². The van der Waals surface area contributed by atoms with Crippen molar-refractivity contribution in [2.24, 2.45) is 5.92 Å². The third-order valence-electron chi connectivity index (χ3n) is 3.74. The van der Waals surface area contributed by atoms with Crippen molar-refractivity contribution in [3.8, 4) is 5.75 Å². The lowest BCUT2D eigenvalue weighted by Crippen LogP contribution is -2.23. The van der Waals surface area contributed by atoms with Crippen LogP contribution in [0.4, 0.5) is 5.69 Å². The van der Waals surface area contributed by atoms with Gasteiger partial charge in [0.2, 0.25) is 5.91 Å². The Bertz CT molecular complexity index is 739. The van der Waals surface area contributed by atoms with Crippen molar-refractivity contribution in [3.63, 3.8) is 0 Å². The summed E-state index contributed by atoms with van der Waals surface area (Å²) in [5, 5.41) is 15.3. The lowest BCUT2D eigenvalue weighted by molar-refractivity contribution is -0.117. The van der Waals surface area contributed by atoms with Gasteiger partial charge < -0.3 is 15.7 Å². The number of phenolic OH excluding ortho intramolecular Hbond substituents is 1. The van der Waals surface area contributed by atoms with E-state index in [2.05, 4.69) is 10.6 Å². The molecule has 1 saturated carbocycles. The van der Waals surface area contributed by atoms with Crippen molar-refractivity contribution in [2.75, 3.05) is 5.32 Å². The van der Waals surface area contributed by atoms with E-state index in [0.29, 0.717) is 6.54 Å². The molecule has 0 spiro atoms. The fraction of sp³-hybridized carbons (Fsp3) is 0.222. The number of anilines is 1. The quantitative estimate of drug-likeness (QED) is 0.794. The molecule has 5 heteroatoms. The van der Waals surface area contributed by atoms with E-state index in [0.717, 1.165) is 24.1 Å². The first-order valence-corrected chi connectivity index (χ1v) is 7.59. The Morgan fingerprint density at radius 3 is 2.61 bits per heavy atom. The van der Waals surface area contributed by atoms with Crippen LogP contribution in [0.5, 0.6) is 5.75 Å². The van der Waals surface area contributed by atoms with E-state index < -0.39 is 0 Å². The van der Waals surface area contributed by atoms with Gasteiger partial charge in [-0.3, -0.25) is 9.59 Å². The normalized spacial score (nSPS) is 13.4. The van der Waals surface area contributed by atoms with E-state index in [9.17, 15) is 14.7 Å². The molecule has 0 aliphatic heterocycles. The van der Waals surface area contributed by atoms with Crippen LogP contribution in [0.15, 0.2) is 48.5 Å². The number of hydrogen-bond donors (Lipinski definition) is 3. The summed E-state index contributed by atoms with van der Waals surface area (Å²) in [6.07, 6.45) is 1.92. The average Bonchev–Trinajstić information content (AvgIpc) is 3.38. The highest BCUT2D eigenvalue weighted by Crippen LogP contribution is 2.30. The summed E-state index contributed by atoms with van der Waals surface area (Å²) in [7, 11) is 0. The molecule has 0 radical (unpaired) electrons. The van der Waals surface area contributed by atoms with Crippen LogP contribution < -0.4 is 10.6 Å². The maximum absolute atomic E-state index is 12.1. The Balaban J connectivity index is 1.60. The summed E-state index contributed by atoms with van der Waals surface area (Å²) < 4.78 is 0. The molecule has 118 valence electrons. The minimum absolute atomic E-state index is 0.0459. The first-order chi connectivity index (χ1) is 11.1. The summed E-state index contributed by atoms with van der Waals surface area (Å²) in [5.74, 6) is -0.175. The third-order valence-corrected chi connectivity index (χ3v) is 3.74. The van der Waals surface area contributed by atoms with E-state index in [1.165, 1.54) is 6.07 Å². The zero-order valence-electron chi connectivity index (χ0n) is 12.6. The standard InChI is InChI=1S/C18H18N2O3/c21-16-7-2-1-6-15(16)18(23)19-11-12-4-3-5-14(10-12)20-17(22)13-8-9-13/h1-7,10,13,21H,8-9,11H2,(H,19,23)(H,20,22). The predicted molar refractivity (Wildman–Crippen MR) is 87.1 cm³/mol. The molecule has 3 rings (SSSR count). The lowest BCUT2D eigenvalue weighted by atomic mass is 10.1. The molecule has 0 heterocycles. The van der Waals surface area contributed by atoms with Gasteiger partial charge in [-0.1, -0.05) is 24.3 Å². The zero-order valence-corrected chi connectivity index (χ0v) is 12.6. The van der Waals surface area contributed by atoms with Gasteiger partial charge in [-0.05, 0) is 42.7 Å². The van der Waals surface area contributed by atoms with Gasteiger partial charge in [0.05, 0.1) is 5.56 Å². The van der Waals surface area contributed by atoms with Gasteiger partial charge in [0.1, 0.15) is 5.75 Å². The van der Waals surface area contributed by atoms with Crippen molar-refractivity contribution in [1.82, 2.24) is 5.32 Å². The molecule has 23 heavy (non-hydrogen) atoms. The molecule has 0 atom stereocenters. The number of benzene rings is 2. The van der Waals surface area contributed by atoms with Crippen LogP contribution in [-0.2, 0) is 11.3 Å². The molecule has 5 nitrogen and oxygen atoms in total. The monoisotopic (exact) mass is 310 g/mol. The summed E-state index contributed by atoms with van der Waals surface area (Å²) in [6, 6.07) is 13.8. The van der Waals surface area contributed by atoms with Crippen LogP contribution >= 0.6 is 0 Å². The van der Waals surface area contributed by atoms with E-state index >= 15 is 0 Å². The number of phenols is 1. The van der Waals surface area contributed by atoms with Gasteiger partial charge in [0.25, 0.3) is 5.91 Å². The maximum Gasteiger partial charge on any atom is 0.255 e. The maximum atomic E-state index is 12.1. The number of nitrogens with one attached hydrogen (secondary N) is 2. The number of carbonyl (C=O) groups excluding carboxylic acids is 2. The fourth-order valence-electron chi connectivity index (χ4n) is 2.29. The van der Waals surface area contributed by atoms with Crippen molar-refractivity contribution in [3.05, 3.63) is 59.7 Å². The minimum Gasteiger partial charge on any atom is -0.507 e. The van der Waals surface area contributed by atoms with Crippen molar-refractivity contribution >= 4 is 17.5 Å². The molecule has 1 aliphatic carbocycles. The number of rotatable bonds is 5. The van der Waals surface area contributed by atoms with Crippen molar-refractivity contribution < 1.29 is 14.7 Å². The Kier molecular flexibility index (Phi) is 4.28. The second-order valence-corrected chi connectivity index (χ2v) is 5.66. The Morgan fingerprint density at radius 1 is 1.09 bits per heavy atom. The molecule has 2 aromatic rings. The van der Waals surface area contributed by atoms with Crippen LogP contribution in [0.2, 0.25) is 0 Å². The number of aromatic hydroxyl groups is 1. The molecule has 2 aromatic carbocycles. The number of para-hydroxylation sites is 1. The van der Waals surface area contributed by atoms with E-state index in [1.54, 1.807) is 18.2 Å². The third kappa shape index (κ3) is 3.88. The fourth-order valence-corrected chi connectivity index (χ4v) is 2.29. The highest BCUT2D eigenvalue weighted by molar-refractivity contribution is 5.96. The van der Waals surface area contributed by atoms with E-state index in [4.69, 9.17) is 0 Å². The van der Waals surface area contributed by atoms with Crippen LogP contribution in [0.1, 0.15) is 28.8 Å². The number of amides is 2. The molecule has 0 bridgehead atoms. The molecule has 1 fully saturated rings. The zero-order chi connectivity index (χ0) is 16.2. The first-order valence-electron chi connectivity index (χ1n) is 7.59. The highest BCUT2D eigenvalue weighted by atomic mass is 16.3. The molecule has 0 aromatic heterocycles. The Morgan fingerprint density at radius 2 is 1.87 bits per heavy atom. The number of carbonyl (C=O) groups is 2. The smallest absolute Gasteiger partial charge is 0.255 e. The van der Waals surface area contributed by atoms with Gasteiger partial charge >= 0.3 is 0 Å². The molecular formula is C18H18N2O3.